The monoisotopic (exact) mass is 291 g/mol. The van der Waals surface area contributed by atoms with Gasteiger partial charge < -0.3 is 16.0 Å². The molecule has 0 unspecified atom stereocenters. The lowest BCUT2D eigenvalue weighted by Gasteiger charge is -2.18. The molecule has 1 aromatic carbocycles. The molecular weight excluding hydrogens is 266 g/mol. The van der Waals surface area contributed by atoms with Crippen LogP contribution in [-0.2, 0) is 11.2 Å². The van der Waals surface area contributed by atoms with Crippen LogP contribution in [0.2, 0.25) is 0 Å². The third kappa shape index (κ3) is 5.19. The van der Waals surface area contributed by atoms with Crippen LogP contribution < -0.4 is 11.1 Å². The van der Waals surface area contributed by atoms with Gasteiger partial charge in [0, 0.05) is 31.6 Å². The summed E-state index contributed by atoms with van der Waals surface area (Å²) in [6, 6.07) is 7.41. The van der Waals surface area contributed by atoms with E-state index in [2.05, 4.69) is 5.32 Å². The first-order valence-corrected chi connectivity index (χ1v) is 7.47. The summed E-state index contributed by atoms with van der Waals surface area (Å²) < 4.78 is 0. The second kappa shape index (κ2) is 9.13. The molecule has 0 aliphatic rings. The molecule has 0 saturated heterocycles. The van der Waals surface area contributed by atoms with Gasteiger partial charge >= 0.3 is 0 Å². The SMILES string of the molecule is CCN(CC)C(=O)CCNC(=O)c1ccccc1CCN. The van der Waals surface area contributed by atoms with Gasteiger partial charge in [0.25, 0.3) is 5.91 Å². The number of nitrogens with zero attached hydrogens (tertiary/aromatic N) is 1. The summed E-state index contributed by atoms with van der Waals surface area (Å²) in [5.41, 5.74) is 7.13. The molecule has 2 amide bonds. The van der Waals surface area contributed by atoms with Gasteiger partial charge in [-0.2, -0.15) is 0 Å². The maximum atomic E-state index is 12.2. The van der Waals surface area contributed by atoms with Gasteiger partial charge in [-0.15, -0.1) is 0 Å². The Bertz CT molecular complexity index is 470. The highest BCUT2D eigenvalue weighted by Gasteiger charge is 2.12. The molecule has 0 atom stereocenters. The van der Waals surface area contributed by atoms with Crippen molar-refractivity contribution < 1.29 is 9.59 Å². The van der Waals surface area contributed by atoms with E-state index in [1.807, 2.05) is 32.0 Å². The standard InChI is InChI=1S/C16H25N3O2/c1-3-19(4-2)15(20)10-12-18-16(21)14-8-6-5-7-13(14)9-11-17/h5-8H,3-4,9-12,17H2,1-2H3,(H,18,21). The van der Waals surface area contributed by atoms with E-state index in [1.54, 1.807) is 11.0 Å². The smallest absolute Gasteiger partial charge is 0.251 e. The molecule has 0 fully saturated rings. The van der Waals surface area contributed by atoms with Crippen LogP contribution in [-0.4, -0.2) is 42.9 Å². The van der Waals surface area contributed by atoms with Gasteiger partial charge in [-0.3, -0.25) is 9.59 Å². The van der Waals surface area contributed by atoms with Gasteiger partial charge in [-0.25, -0.2) is 0 Å². The summed E-state index contributed by atoms with van der Waals surface area (Å²) in [6.07, 6.45) is 0.994. The molecule has 3 N–H and O–H groups in total. The number of carbonyl (C=O) groups excluding carboxylic acids is 2. The molecule has 21 heavy (non-hydrogen) atoms. The maximum absolute atomic E-state index is 12.2. The minimum atomic E-state index is -0.147. The number of nitrogens with one attached hydrogen (secondary N) is 1. The first-order chi connectivity index (χ1) is 10.1. The predicted octanol–water partition coefficient (Wildman–Crippen LogP) is 1.18. The van der Waals surface area contributed by atoms with Gasteiger partial charge in [0.05, 0.1) is 0 Å². The molecule has 0 aliphatic carbocycles. The Hall–Kier alpha value is -1.88. The van der Waals surface area contributed by atoms with E-state index in [4.69, 9.17) is 5.73 Å². The van der Waals surface area contributed by atoms with Gasteiger partial charge in [-0.05, 0) is 38.4 Å². The van der Waals surface area contributed by atoms with Crippen LogP contribution in [0, 0.1) is 0 Å². The van der Waals surface area contributed by atoms with E-state index >= 15 is 0 Å². The highest BCUT2D eigenvalue weighted by atomic mass is 16.2. The fourth-order valence-corrected chi connectivity index (χ4v) is 2.23. The van der Waals surface area contributed by atoms with Crippen LogP contribution in [0.5, 0.6) is 0 Å². The van der Waals surface area contributed by atoms with Crippen molar-refractivity contribution in [2.75, 3.05) is 26.2 Å². The molecule has 1 rings (SSSR count). The Labute approximate surface area is 126 Å². The highest BCUT2D eigenvalue weighted by molar-refractivity contribution is 5.95. The van der Waals surface area contributed by atoms with Gasteiger partial charge in [0.2, 0.25) is 5.91 Å². The fourth-order valence-electron chi connectivity index (χ4n) is 2.23. The van der Waals surface area contributed by atoms with Crippen LogP contribution in [0.4, 0.5) is 0 Å². The van der Waals surface area contributed by atoms with E-state index in [9.17, 15) is 9.59 Å². The summed E-state index contributed by atoms with van der Waals surface area (Å²) in [5.74, 6) is -0.0815. The molecule has 0 bridgehead atoms. The van der Waals surface area contributed by atoms with E-state index in [0.29, 0.717) is 44.6 Å². The number of hydrogen-bond donors (Lipinski definition) is 2. The Morgan fingerprint density at radius 3 is 2.48 bits per heavy atom. The molecule has 0 radical (unpaired) electrons. The van der Waals surface area contributed by atoms with Crippen LogP contribution >= 0.6 is 0 Å². The molecule has 0 saturated carbocycles. The number of hydrogen-bond acceptors (Lipinski definition) is 3. The third-order valence-corrected chi connectivity index (χ3v) is 3.42. The van der Waals surface area contributed by atoms with E-state index in [1.165, 1.54) is 0 Å². The number of rotatable bonds is 8. The zero-order chi connectivity index (χ0) is 15.7. The Morgan fingerprint density at radius 2 is 1.86 bits per heavy atom. The second-order valence-electron chi connectivity index (χ2n) is 4.77. The molecule has 0 spiro atoms. The lowest BCUT2D eigenvalue weighted by Crippen LogP contribution is -2.34. The van der Waals surface area contributed by atoms with E-state index in [0.717, 1.165) is 5.56 Å². The van der Waals surface area contributed by atoms with Crippen molar-refractivity contribution in [2.24, 2.45) is 5.73 Å². The van der Waals surface area contributed by atoms with Crippen molar-refractivity contribution in [3.63, 3.8) is 0 Å². The number of amides is 2. The predicted molar refractivity (Wildman–Crippen MR) is 84.1 cm³/mol. The van der Waals surface area contributed by atoms with Crippen LogP contribution in [0.15, 0.2) is 24.3 Å². The molecule has 5 heteroatoms. The van der Waals surface area contributed by atoms with Gasteiger partial charge in [0.15, 0.2) is 0 Å². The van der Waals surface area contributed by atoms with Crippen molar-refractivity contribution >= 4 is 11.8 Å². The van der Waals surface area contributed by atoms with Crippen molar-refractivity contribution in [2.45, 2.75) is 26.7 Å². The highest BCUT2D eigenvalue weighted by Crippen LogP contribution is 2.09. The largest absolute Gasteiger partial charge is 0.352 e. The Kier molecular flexibility index (Phi) is 7.46. The number of carbonyl (C=O) groups is 2. The average Bonchev–Trinajstić information content (AvgIpc) is 2.49. The number of benzene rings is 1. The normalized spacial score (nSPS) is 10.2. The third-order valence-electron chi connectivity index (χ3n) is 3.42. The molecular formula is C16H25N3O2. The lowest BCUT2D eigenvalue weighted by atomic mass is 10.0. The lowest BCUT2D eigenvalue weighted by molar-refractivity contribution is -0.130. The quantitative estimate of drug-likeness (QED) is 0.755. The minimum absolute atomic E-state index is 0.0653. The van der Waals surface area contributed by atoms with Crippen molar-refractivity contribution in [3.8, 4) is 0 Å². The van der Waals surface area contributed by atoms with Crippen LogP contribution in [0.1, 0.15) is 36.2 Å². The Morgan fingerprint density at radius 1 is 1.19 bits per heavy atom. The molecule has 0 aliphatic heterocycles. The maximum Gasteiger partial charge on any atom is 0.251 e. The summed E-state index contributed by atoms with van der Waals surface area (Å²) in [4.78, 5) is 25.8. The fraction of sp³-hybridized carbons (Fsp3) is 0.500. The van der Waals surface area contributed by atoms with E-state index < -0.39 is 0 Å². The molecule has 5 nitrogen and oxygen atoms in total. The molecule has 0 aromatic heterocycles. The molecule has 116 valence electrons. The summed E-state index contributed by atoms with van der Waals surface area (Å²) in [6.45, 7) is 6.15. The van der Waals surface area contributed by atoms with Crippen LogP contribution in [0.3, 0.4) is 0 Å². The Balaban J connectivity index is 2.53. The average molecular weight is 291 g/mol. The first-order valence-electron chi connectivity index (χ1n) is 7.47. The molecule has 1 aromatic rings. The minimum Gasteiger partial charge on any atom is -0.352 e. The number of nitrogens with two attached hydrogens (primary N) is 1. The topological polar surface area (TPSA) is 75.4 Å². The van der Waals surface area contributed by atoms with Crippen molar-refractivity contribution in [1.29, 1.82) is 0 Å². The summed E-state index contributed by atoms with van der Waals surface area (Å²) in [7, 11) is 0. The second-order valence-corrected chi connectivity index (χ2v) is 4.77. The van der Waals surface area contributed by atoms with Crippen molar-refractivity contribution in [3.05, 3.63) is 35.4 Å². The first kappa shape index (κ1) is 17.2. The zero-order valence-corrected chi connectivity index (χ0v) is 12.9. The van der Waals surface area contributed by atoms with Crippen LogP contribution in [0.25, 0.3) is 0 Å². The van der Waals surface area contributed by atoms with Crippen molar-refractivity contribution in [1.82, 2.24) is 10.2 Å². The van der Waals surface area contributed by atoms with Gasteiger partial charge in [0.1, 0.15) is 0 Å². The zero-order valence-electron chi connectivity index (χ0n) is 12.9. The summed E-state index contributed by atoms with van der Waals surface area (Å²) in [5, 5.41) is 2.80. The molecule has 0 heterocycles. The van der Waals surface area contributed by atoms with Gasteiger partial charge in [-0.1, -0.05) is 18.2 Å². The van der Waals surface area contributed by atoms with E-state index in [-0.39, 0.29) is 11.8 Å². The summed E-state index contributed by atoms with van der Waals surface area (Å²) >= 11 is 0.